The van der Waals surface area contributed by atoms with Crippen LogP contribution in [0.3, 0.4) is 0 Å². The van der Waals surface area contributed by atoms with Gasteiger partial charge in [0.25, 0.3) is 0 Å². The van der Waals surface area contributed by atoms with Crippen LogP contribution in [0.2, 0.25) is 0 Å². The summed E-state index contributed by atoms with van der Waals surface area (Å²) in [7, 11) is -4.01. The number of hydrogen-bond donors (Lipinski definition) is 1. The second-order valence-electron chi connectivity index (χ2n) is 4.44. The minimum atomic E-state index is -2.99. The molecule has 0 aromatic heterocycles. The molecule has 1 N–H and O–H groups in total. The van der Waals surface area contributed by atoms with Gasteiger partial charge in [-0.05, 0) is 25.3 Å². The molecule has 0 radical (unpaired) electrons. The van der Waals surface area contributed by atoms with Gasteiger partial charge in [-0.2, -0.15) is 0 Å². The maximum absolute atomic E-state index is 11.7. The van der Waals surface area contributed by atoms with Crippen LogP contribution < -0.4 is 5.32 Å². The van der Waals surface area contributed by atoms with E-state index >= 15 is 0 Å². The molecule has 1 aliphatic rings. The highest BCUT2D eigenvalue weighted by Crippen LogP contribution is 2.32. The summed E-state index contributed by atoms with van der Waals surface area (Å²) in [4.78, 5) is 0. The summed E-state index contributed by atoms with van der Waals surface area (Å²) in [5.74, 6) is 1.55. The molecular weight excluding hydrogens is 246 g/mol. The van der Waals surface area contributed by atoms with Gasteiger partial charge in [-0.1, -0.05) is 6.92 Å². The second-order valence-corrected chi connectivity index (χ2v) is 8.32. The first-order valence-corrected chi connectivity index (χ1v) is 9.23. The molecule has 0 spiro atoms. The Balaban J connectivity index is 2.31. The summed E-state index contributed by atoms with van der Waals surface area (Å²) in [5.41, 5.74) is 0. The van der Waals surface area contributed by atoms with Gasteiger partial charge in [0.2, 0.25) is 0 Å². The van der Waals surface area contributed by atoms with Crippen LogP contribution in [0.15, 0.2) is 0 Å². The molecule has 96 valence electrons. The lowest BCUT2D eigenvalue weighted by Crippen LogP contribution is -2.36. The van der Waals surface area contributed by atoms with Gasteiger partial charge in [-0.3, -0.25) is 4.21 Å². The van der Waals surface area contributed by atoms with E-state index in [2.05, 4.69) is 5.32 Å². The van der Waals surface area contributed by atoms with E-state index in [9.17, 15) is 12.6 Å². The molecule has 2 atom stereocenters. The van der Waals surface area contributed by atoms with Crippen molar-refractivity contribution >= 4 is 20.6 Å². The van der Waals surface area contributed by atoms with E-state index in [0.29, 0.717) is 17.7 Å². The van der Waals surface area contributed by atoms with Crippen molar-refractivity contribution in [2.75, 3.05) is 30.1 Å². The Kier molecular flexibility index (Phi) is 5.40. The first-order chi connectivity index (χ1) is 7.42. The second kappa shape index (κ2) is 6.12. The van der Waals surface area contributed by atoms with E-state index in [1.165, 1.54) is 19.1 Å². The monoisotopic (exact) mass is 267 g/mol. The van der Waals surface area contributed by atoms with Gasteiger partial charge in [0, 0.05) is 34.6 Å². The third-order valence-corrected chi connectivity index (χ3v) is 5.30. The number of hydrogen-bond acceptors (Lipinski definition) is 4. The smallest absolute Gasteiger partial charge is 0.148 e. The van der Waals surface area contributed by atoms with Crippen LogP contribution in [0.25, 0.3) is 0 Å². The first-order valence-electron chi connectivity index (χ1n) is 5.68. The molecule has 1 fully saturated rings. The van der Waals surface area contributed by atoms with Crippen LogP contribution in [0.5, 0.6) is 0 Å². The molecule has 1 saturated carbocycles. The van der Waals surface area contributed by atoms with E-state index < -0.39 is 20.6 Å². The van der Waals surface area contributed by atoms with Crippen molar-refractivity contribution < 1.29 is 12.6 Å². The van der Waals surface area contributed by atoms with Gasteiger partial charge >= 0.3 is 0 Å². The highest BCUT2D eigenvalue weighted by Gasteiger charge is 2.31. The molecule has 0 saturated heterocycles. The van der Waals surface area contributed by atoms with Crippen LogP contribution in [-0.4, -0.2) is 48.7 Å². The summed E-state index contributed by atoms with van der Waals surface area (Å²) in [5, 5.41) is 3.33. The highest BCUT2D eigenvalue weighted by molar-refractivity contribution is 7.92. The van der Waals surface area contributed by atoms with Crippen molar-refractivity contribution in [2.45, 2.75) is 25.8 Å². The predicted octanol–water partition coefficient (Wildman–Crippen LogP) is 0.168. The summed E-state index contributed by atoms with van der Waals surface area (Å²) < 4.78 is 33.6. The fraction of sp³-hybridized carbons (Fsp3) is 1.00. The Morgan fingerprint density at radius 3 is 2.50 bits per heavy atom. The largest absolute Gasteiger partial charge is 0.313 e. The third-order valence-electron chi connectivity index (χ3n) is 2.70. The fourth-order valence-corrected chi connectivity index (χ4v) is 4.56. The topological polar surface area (TPSA) is 63.2 Å². The standard InChI is InChI=1S/C10H21NO3S2/c1-3-11-10(9-4-5-9)8-15(12)6-7-16(2,13)14/h9-11H,3-8H2,1-2H3. The van der Waals surface area contributed by atoms with E-state index in [1.807, 2.05) is 6.92 Å². The van der Waals surface area contributed by atoms with Gasteiger partial charge in [0.15, 0.2) is 0 Å². The van der Waals surface area contributed by atoms with Crippen molar-refractivity contribution in [3.05, 3.63) is 0 Å². The maximum atomic E-state index is 11.7. The van der Waals surface area contributed by atoms with Crippen molar-refractivity contribution in [3.63, 3.8) is 0 Å². The molecule has 0 heterocycles. The Labute approximate surface area is 101 Å². The minimum absolute atomic E-state index is 0.0309. The molecule has 1 rings (SSSR count). The highest BCUT2D eigenvalue weighted by atomic mass is 32.2. The number of rotatable bonds is 8. The van der Waals surface area contributed by atoms with E-state index in [1.54, 1.807) is 0 Å². The quantitative estimate of drug-likeness (QED) is 0.681. The van der Waals surface area contributed by atoms with Crippen LogP contribution in [0.1, 0.15) is 19.8 Å². The van der Waals surface area contributed by atoms with Gasteiger partial charge in [-0.25, -0.2) is 8.42 Å². The molecule has 0 aromatic rings. The Hall–Kier alpha value is 0.0600. The Bertz CT molecular complexity index is 336. The molecule has 2 unspecified atom stereocenters. The molecule has 6 heteroatoms. The molecule has 0 bridgehead atoms. The van der Waals surface area contributed by atoms with Crippen LogP contribution >= 0.6 is 0 Å². The lowest BCUT2D eigenvalue weighted by atomic mass is 10.2. The van der Waals surface area contributed by atoms with Gasteiger partial charge in [0.1, 0.15) is 9.84 Å². The Morgan fingerprint density at radius 2 is 2.06 bits per heavy atom. The Morgan fingerprint density at radius 1 is 1.44 bits per heavy atom. The van der Waals surface area contributed by atoms with Crippen molar-refractivity contribution in [3.8, 4) is 0 Å². The van der Waals surface area contributed by atoms with Gasteiger partial charge in [0.05, 0.1) is 5.75 Å². The molecular formula is C10H21NO3S2. The number of nitrogens with one attached hydrogen (secondary N) is 1. The van der Waals surface area contributed by atoms with Crippen molar-refractivity contribution in [1.82, 2.24) is 5.32 Å². The molecule has 4 nitrogen and oxygen atoms in total. The zero-order valence-corrected chi connectivity index (χ0v) is 11.6. The maximum Gasteiger partial charge on any atom is 0.148 e. The van der Waals surface area contributed by atoms with Crippen LogP contribution in [0.4, 0.5) is 0 Å². The summed E-state index contributed by atoms with van der Waals surface area (Å²) in [6.07, 6.45) is 3.61. The minimum Gasteiger partial charge on any atom is -0.313 e. The molecule has 0 aromatic carbocycles. The van der Waals surface area contributed by atoms with Crippen molar-refractivity contribution in [2.24, 2.45) is 5.92 Å². The van der Waals surface area contributed by atoms with Gasteiger partial charge in [-0.15, -0.1) is 0 Å². The molecule has 1 aliphatic carbocycles. The lowest BCUT2D eigenvalue weighted by Gasteiger charge is -2.16. The molecule has 0 aliphatic heterocycles. The van der Waals surface area contributed by atoms with E-state index in [0.717, 1.165) is 6.54 Å². The number of sulfone groups is 1. The lowest BCUT2D eigenvalue weighted by molar-refractivity contribution is 0.514. The van der Waals surface area contributed by atoms with Crippen LogP contribution in [0, 0.1) is 5.92 Å². The average Bonchev–Trinajstić information content (AvgIpc) is 2.96. The SMILES string of the molecule is CCNC(CS(=O)CCS(C)(=O)=O)C1CC1. The predicted molar refractivity (Wildman–Crippen MR) is 67.8 cm³/mol. The van der Waals surface area contributed by atoms with Crippen molar-refractivity contribution in [1.29, 1.82) is 0 Å². The summed E-state index contributed by atoms with van der Waals surface area (Å²) in [6, 6.07) is 0.311. The summed E-state index contributed by atoms with van der Waals surface area (Å²) >= 11 is 0. The van der Waals surface area contributed by atoms with E-state index in [-0.39, 0.29) is 11.5 Å². The van der Waals surface area contributed by atoms with E-state index in [4.69, 9.17) is 0 Å². The molecule has 16 heavy (non-hydrogen) atoms. The third kappa shape index (κ3) is 5.96. The average molecular weight is 267 g/mol. The normalized spacial score (nSPS) is 20.6. The zero-order chi connectivity index (χ0) is 12.2. The summed E-state index contributed by atoms with van der Waals surface area (Å²) in [6.45, 7) is 2.92. The zero-order valence-electron chi connectivity index (χ0n) is 9.94. The van der Waals surface area contributed by atoms with Gasteiger partial charge < -0.3 is 5.32 Å². The fourth-order valence-electron chi connectivity index (χ4n) is 1.65. The van der Waals surface area contributed by atoms with Crippen LogP contribution in [-0.2, 0) is 20.6 Å². The first kappa shape index (κ1) is 14.1. The molecule has 0 amide bonds.